The Labute approximate surface area is 128 Å². The van der Waals surface area contributed by atoms with E-state index in [0.717, 1.165) is 31.6 Å². The lowest BCUT2D eigenvalue weighted by Gasteiger charge is -2.40. The molecule has 1 N–H and O–H groups in total. The number of nitrogens with one attached hydrogen (secondary N) is 1. The molecule has 1 saturated heterocycles. The zero-order valence-corrected chi connectivity index (χ0v) is 14.0. The quantitative estimate of drug-likeness (QED) is 0.907. The summed E-state index contributed by atoms with van der Waals surface area (Å²) in [6, 6.07) is 7.41. The Morgan fingerprint density at radius 2 is 1.86 bits per heavy atom. The van der Waals surface area contributed by atoms with Gasteiger partial charge >= 0.3 is 0 Å². The summed E-state index contributed by atoms with van der Waals surface area (Å²) in [5, 5.41) is 3.37. The monoisotopic (exact) mass is 310 g/mol. The highest BCUT2D eigenvalue weighted by atomic mass is 32.2. The van der Waals surface area contributed by atoms with E-state index in [9.17, 15) is 8.42 Å². The van der Waals surface area contributed by atoms with Crippen LogP contribution in [0.5, 0.6) is 0 Å². The summed E-state index contributed by atoms with van der Waals surface area (Å²) in [5.74, 6) is 0.214. The maximum atomic E-state index is 12.4. The van der Waals surface area contributed by atoms with Gasteiger partial charge in [-0.2, -0.15) is 0 Å². The van der Waals surface area contributed by atoms with Crippen molar-refractivity contribution in [3.63, 3.8) is 0 Å². The molecule has 0 unspecified atom stereocenters. The SMILES string of the molecule is CCCS(=O)(=O)c1ccccc1N1CCC(C)(NC)CC1. The van der Waals surface area contributed by atoms with Crippen molar-refractivity contribution in [2.45, 2.75) is 43.5 Å². The van der Waals surface area contributed by atoms with Gasteiger partial charge in [0.25, 0.3) is 0 Å². The molecule has 1 aromatic rings. The summed E-state index contributed by atoms with van der Waals surface area (Å²) in [6.07, 6.45) is 2.69. The predicted octanol–water partition coefficient (Wildman–Crippen LogP) is 2.45. The molecule has 1 aliphatic heterocycles. The van der Waals surface area contributed by atoms with E-state index in [-0.39, 0.29) is 11.3 Å². The van der Waals surface area contributed by atoms with Gasteiger partial charge in [-0.05, 0) is 45.4 Å². The van der Waals surface area contributed by atoms with Crippen molar-refractivity contribution >= 4 is 15.5 Å². The number of piperidine rings is 1. The van der Waals surface area contributed by atoms with E-state index in [1.165, 1.54) is 0 Å². The fourth-order valence-electron chi connectivity index (χ4n) is 2.85. The van der Waals surface area contributed by atoms with Gasteiger partial charge in [0, 0.05) is 18.6 Å². The molecule has 0 radical (unpaired) electrons. The smallest absolute Gasteiger partial charge is 0.180 e. The Morgan fingerprint density at radius 3 is 2.43 bits per heavy atom. The molecule has 4 nitrogen and oxygen atoms in total. The van der Waals surface area contributed by atoms with Crippen molar-refractivity contribution in [2.75, 3.05) is 30.8 Å². The second-order valence-electron chi connectivity index (χ2n) is 6.08. The van der Waals surface area contributed by atoms with Gasteiger partial charge in [-0.1, -0.05) is 19.1 Å². The van der Waals surface area contributed by atoms with Gasteiger partial charge in [0.15, 0.2) is 9.84 Å². The summed E-state index contributed by atoms with van der Waals surface area (Å²) >= 11 is 0. The minimum Gasteiger partial charge on any atom is -0.370 e. The van der Waals surface area contributed by atoms with Crippen LogP contribution in [0.15, 0.2) is 29.2 Å². The molecule has 0 atom stereocenters. The number of benzene rings is 1. The van der Waals surface area contributed by atoms with Crippen LogP contribution in [-0.2, 0) is 9.84 Å². The van der Waals surface area contributed by atoms with Crippen molar-refractivity contribution in [2.24, 2.45) is 0 Å². The number of hydrogen-bond acceptors (Lipinski definition) is 4. The van der Waals surface area contributed by atoms with Gasteiger partial charge < -0.3 is 10.2 Å². The van der Waals surface area contributed by atoms with Crippen LogP contribution in [0.1, 0.15) is 33.1 Å². The van der Waals surface area contributed by atoms with Crippen LogP contribution in [0.4, 0.5) is 5.69 Å². The van der Waals surface area contributed by atoms with E-state index in [1.807, 2.05) is 32.2 Å². The van der Waals surface area contributed by atoms with Crippen molar-refractivity contribution in [3.05, 3.63) is 24.3 Å². The van der Waals surface area contributed by atoms with Crippen molar-refractivity contribution in [1.29, 1.82) is 0 Å². The van der Waals surface area contributed by atoms with Crippen LogP contribution in [0.25, 0.3) is 0 Å². The molecule has 1 aromatic carbocycles. The maximum absolute atomic E-state index is 12.4. The van der Waals surface area contributed by atoms with Crippen LogP contribution in [0, 0.1) is 0 Å². The maximum Gasteiger partial charge on any atom is 0.180 e. The molecular formula is C16H26N2O2S. The minimum absolute atomic E-state index is 0.160. The zero-order valence-electron chi connectivity index (χ0n) is 13.2. The van der Waals surface area contributed by atoms with Gasteiger partial charge in [-0.15, -0.1) is 0 Å². The molecule has 5 heteroatoms. The average Bonchev–Trinajstić information content (AvgIpc) is 2.48. The van der Waals surface area contributed by atoms with Crippen LogP contribution in [-0.4, -0.2) is 39.8 Å². The standard InChI is InChI=1S/C16H26N2O2S/c1-4-13-21(19,20)15-8-6-5-7-14(15)18-11-9-16(2,17-3)10-12-18/h5-8,17H,4,9-13H2,1-3H3. The zero-order chi connectivity index (χ0) is 15.5. The lowest BCUT2D eigenvalue weighted by atomic mass is 9.89. The van der Waals surface area contributed by atoms with Gasteiger partial charge in [-0.25, -0.2) is 8.42 Å². The van der Waals surface area contributed by atoms with E-state index in [0.29, 0.717) is 11.3 Å². The second kappa shape index (κ2) is 6.36. The molecule has 1 fully saturated rings. The molecule has 2 rings (SSSR count). The van der Waals surface area contributed by atoms with E-state index in [1.54, 1.807) is 6.07 Å². The molecule has 0 bridgehead atoms. The number of nitrogens with zero attached hydrogens (tertiary/aromatic N) is 1. The molecule has 118 valence electrons. The average molecular weight is 310 g/mol. The molecule has 0 amide bonds. The van der Waals surface area contributed by atoms with E-state index in [2.05, 4.69) is 17.1 Å². The lowest BCUT2D eigenvalue weighted by molar-refractivity contribution is 0.304. The van der Waals surface area contributed by atoms with E-state index in [4.69, 9.17) is 0 Å². The first kappa shape index (κ1) is 16.3. The highest BCUT2D eigenvalue weighted by molar-refractivity contribution is 7.91. The van der Waals surface area contributed by atoms with Gasteiger partial charge in [-0.3, -0.25) is 0 Å². The van der Waals surface area contributed by atoms with E-state index < -0.39 is 9.84 Å². The molecule has 21 heavy (non-hydrogen) atoms. The third-order valence-electron chi connectivity index (χ3n) is 4.48. The molecule has 1 heterocycles. The summed E-state index contributed by atoms with van der Waals surface area (Å²) in [5.41, 5.74) is 1.03. The fourth-order valence-corrected chi connectivity index (χ4v) is 4.41. The Bertz CT molecular complexity index is 576. The molecule has 1 aliphatic rings. The number of sulfone groups is 1. The first-order chi connectivity index (χ1) is 9.92. The molecular weight excluding hydrogens is 284 g/mol. The summed E-state index contributed by atoms with van der Waals surface area (Å²) in [4.78, 5) is 2.70. The van der Waals surface area contributed by atoms with Crippen molar-refractivity contribution < 1.29 is 8.42 Å². The van der Waals surface area contributed by atoms with Crippen LogP contribution >= 0.6 is 0 Å². The first-order valence-corrected chi connectivity index (χ1v) is 9.33. The van der Waals surface area contributed by atoms with E-state index >= 15 is 0 Å². The number of anilines is 1. The summed E-state index contributed by atoms with van der Waals surface area (Å²) in [7, 11) is -1.19. The molecule has 0 aromatic heterocycles. The number of para-hydroxylation sites is 1. The largest absolute Gasteiger partial charge is 0.370 e. The highest BCUT2D eigenvalue weighted by Crippen LogP contribution is 2.31. The third-order valence-corrected chi connectivity index (χ3v) is 6.45. The van der Waals surface area contributed by atoms with Crippen molar-refractivity contribution in [1.82, 2.24) is 5.32 Å². The van der Waals surface area contributed by atoms with Crippen LogP contribution in [0.3, 0.4) is 0 Å². The predicted molar refractivity (Wildman–Crippen MR) is 87.7 cm³/mol. The Morgan fingerprint density at radius 1 is 1.24 bits per heavy atom. The number of hydrogen-bond donors (Lipinski definition) is 1. The van der Waals surface area contributed by atoms with Gasteiger partial charge in [0.05, 0.1) is 16.3 Å². The summed E-state index contributed by atoms with van der Waals surface area (Å²) < 4.78 is 24.9. The summed E-state index contributed by atoms with van der Waals surface area (Å²) in [6.45, 7) is 5.90. The third kappa shape index (κ3) is 3.58. The first-order valence-electron chi connectivity index (χ1n) is 7.67. The molecule has 0 aliphatic carbocycles. The van der Waals surface area contributed by atoms with Gasteiger partial charge in [0.2, 0.25) is 0 Å². The molecule has 0 spiro atoms. The van der Waals surface area contributed by atoms with Gasteiger partial charge in [0.1, 0.15) is 0 Å². The Kier molecular flexibility index (Phi) is 4.94. The van der Waals surface area contributed by atoms with Crippen molar-refractivity contribution in [3.8, 4) is 0 Å². The Hall–Kier alpha value is -1.07. The highest BCUT2D eigenvalue weighted by Gasteiger charge is 2.30. The normalized spacial score (nSPS) is 18.7. The number of rotatable bonds is 5. The molecule has 0 saturated carbocycles. The minimum atomic E-state index is -3.18. The van der Waals surface area contributed by atoms with Crippen LogP contribution in [0.2, 0.25) is 0 Å². The van der Waals surface area contributed by atoms with Crippen LogP contribution < -0.4 is 10.2 Å². The second-order valence-corrected chi connectivity index (χ2v) is 8.16. The fraction of sp³-hybridized carbons (Fsp3) is 0.625. The lowest BCUT2D eigenvalue weighted by Crippen LogP contribution is -2.50. The Balaban J connectivity index is 2.26. The topological polar surface area (TPSA) is 49.4 Å².